The summed E-state index contributed by atoms with van der Waals surface area (Å²) in [6, 6.07) is 16.0. The average Bonchev–Trinajstić information content (AvgIpc) is 2.90. The summed E-state index contributed by atoms with van der Waals surface area (Å²) in [6.45, 7) is 2.12. The van der Waals surface area contributed by atoms with Crippen molar-refractivity contribution in [3.8, 4) is 0 Å². The van der Waals surface area contributed by atoms with Crippen molar-refractivity contribution >= 4 is 29.0 Å². The summed E-state index contributed by atoms with van der Waals surface area (Å²) >= 11 is 1.66. The summed E-state index contributed by atoms with van der Waals surface area (Å²) in [6.07, 6.45) is 0.968. The van der Waals surface area contributed by atoms with Gasteiger partial charge in [0.25, 0.3) is 0 Å². The van der Waals surface area contributed by atoms with Crippen molar-refractivity contribution in [1.29, 1.82) is 0 Å². The second kappa shape index (κ2) is 5.82. The Balaban J connectivity index is 1.97. The molecule has 1 aliphatic heterocycles. The molecule has 4 heteroatoms. The van der Waals surface area contributed by atoms with E-state index in [-0.39, 0.29) is 11.3 Å². The zero-order valence-corrected chi connectivity index (χ0v) is 12.8. The van der Waals surface area contributed by atoms with Crippen LogP contribution in [0.2, 0.25) is 0 Å². The maximum atomic E-state index is 12.3. The van der Waals surface area contributed by atoms with E-state index in [1.807, 2.05) is 41.3 Å². The minimum absolute atomic E-state index is 0.0326. The van der Waals surface area contributed by atoms with Gasteiger partial charge < -0.3 is 5.73 Å². The molecule has 21 heavy (non-hydrogen) atoms. The summed E-state index contributed by atoms with van der Waals surface area (Å²) in [5.41, 5.74) is 9.83. The smallest absolute Gasteiger partial charge is 0.238 e. The van der Waals surface area contributed by atoms with E-state index in [1.165, 1.54) is 5.56 Å². The third-order valence-corrected chi connectivity index (χ3v) is 4.90. The molecule has 1 atom stereocenters. The van der Waals surface area contributed by atoms with Gasteiger partial charge in [-0.1, -0.05) is 31.2 Å². The van der Waals surface area contributed by atoms with Gasteiger partial charge in [0.1, 0.15) is 5.37 Å². The first-order chi connectivity index (χ1) is 10.2. The lowest BCUT2D eigenvalue weighted by Crippen LogP contribution is -2.27. The van der Waals surface area contributed by atoms with E-state index in [1.54, 1.807) is 11.8 Å². The molecule has 0 bridgehead atoms. The molecule has 3 nitrogen and oxygen atoms in total. The predicted molar refractivity (Wildman–Crippen MR) is 89.4 cm³/mol. The molecule has 0 spiro atoms. The van der Waals surface area contributed by atoms with Crippen LogP contribution in [0.5, 0.6) is 0 Å². The van der Waals surface area contributed by atoms with Crippen LogP contribution in [-0.4, -0.2) is 11.7 Å². The minimum atomic E-state index is 0.0326. The van der Waals surface area contributed by atoms with Crippen LogP contribution in [0.15, 0.2) is 48.5 Å². The van der Waals surface area contributed by atoms with Crippen LogP contribution in [0.1, 0.15) is 23.4 Å². The third kappa shape index (κ3) is 2.76. The van der Waals surface area contributed by atoms with Crippen LogP contribution in [0.3, 0.4) is 0 Å². The van der Waals surface area contributed by atoms with E-state index in [9.17, 15) is 4.79 Å². The minimum Gasteiger partial charge on any atom is -0.399 e. The lowest BCUT2D eigenvalue weighted by molar-refractivity contribution is -0.115. The van der Waals surface area contributed by atoms with E-state index in [0.29, 0.717) is 5.75 Å². The second-order valence-corrected chi connectivity index (χ2v) is 6.19. The van der Waals surface area contributed by atoms with Crippen LogP contribution in [0.25, 0.3) is 0 Å². The van der Waals surface area contributed by atoms with E-state index in [0.717, 1.165) is 23.4 Å². The molecule has 2 aromatic carbocycles. The molecule has 108 valence electrons. The van der Waals surface area contributed by atoms with E-state index in [2.05, 4.69) is 19.1 Å². The highest BCUT2D eigenvalue weighted by Crippen LogP contribution is 2.41. The SMILES string of the molecule is CCc1cccc(N2C(=O)CS[C@H]2c2ccc(N)cc2)c1. The lowest BCUT2D eigenvalue weighted by atomic mass is 10.1. The van der Waals surface area contributed by atoms with Gasteiger partial charge in [-0.3, -0.25) is 9.69 Å². The highest BCUT2D eigenvalue weighted by molar-refractivity contribution is 8.00. The maximum absolute atomic E-state index is 12.3. The number of nitrogens with zero attached hydrogens (tertiary/aromatic N) is 1. The number of anilines is 2. The van der Waals surface area contributed by atoms with E-state index in [4.69, 9.17) is 5.73 Å². The monoisotopic (exact) mass is 298 g/mol. The number of aryl methyl sites for hydroxylation is 1. The lowest BCUT2D eigenvalue weighted by Gasteiger charge is -2.25. The van der Waals surface area contributed by atoms with Crippen LogP contribution in [-0.2, 0) is 11.2 Å². The summed E-state index contributed by atoms with van der Waals surface area (Å²) in [5, 5.41) is 0.0326. The third-order valence-electron chi connectivity index (χ3n) is 3.69. The Labute approximate surface area is 129 Å². The quantitative estimate of drug-likeness (QED) is 0.881. The maximum Gasteiger partial charge on any atom is 0.238 e. The van der Waals surface area contributed by atoms with Crippen molar-refractivity contribution in [3.05, 3.63) is 59.7 Å². The molecule has 0 unspecified atom stereocenters. The van der Waals surface area contributed by atoms with Crippen LogP contribution < -0.4 is 10.6 Å². The van der Waals surface area contributed by atoms with Crippen molar-refractivity contribution in [2.75, 3.05) is 16.4 Å². The number of nitrogen functional groups attached to an aromatic ring is 1. The normalized spacial score (nSPS) is 18.2. The molecule has 1 amide bonds. The molecule has 1 heterocycles. The topological polar surface area (TPSA) is 46.3 Å². The first-order valence-electron chi connectivity index (χ1n) is 7.07. The van der Waals surface area contributed by atoms with Gasteiger partial charge in [0.2, 0.25) is 5.91 Å². The molecule has 2 N–H and O–H groups in total. The largest absolute Gasteiger partial charge is 0.399 e. The fourth-order valence-corrected chi connectivity index (χ4v) is 3.71. The van der Waals surface area contributed by atoms with Crippen molar-refractivity contribution in [2.45, 2.75) is 18.7 Å². The van der Waals surface area contributed by atoms with Crippen molar-refractivity contribution in [2.24, 2.45) is 0 Å². The average molecular weight is 298 g/mol. The zero-order valence-electron chi connectivity index (χ0n) is 12.0. The summed E-state index contributed by atoms with van der Waals surface area (Å²) in [4.78, 5) is 14.2. The molecule has 1 fully saturated rings. The van der Waals surface area contributed by atoms with Gasteiger partial charge in [-0.15, -0.1) is 11.8 Å². The van der Waals surface area contributed by atoms with Gasteiger partial charge in [0, 0.05) is 11.4 Å². The number of hydrogen-bond donors (Lipinski definition) is 1. The molecular formula is C17H18N2OS. The van der Waals surface area contributed by atoms with Gasteiger partial charge in [-0.2, -0.15) is 0 Å². The highest BCUT2D eigenvalue weighted by atomic mass is 32.2. The summed E-state index contributed by atoms with van der Waals surface area (Å²) in [7, 11) is 0. The Morgan fingerprint density at radius 3 is 2.71 bits per heavy atom. The first kappa shape index (κ1) is 14.0. The van der Waals surface area contributed by atoms with Gasteiger partial charge in [-0.05, 0) is 41.8 Å². The number of amides is 1. The van der Waals surface area contributed by atoms with Crippen molar-refractivity contribution in [3.63, 3.8) is 0 Å². The van der Waals surface area contributed by atoms with Crippen LogP contribution >= 0.6 is 11.8 Å². The molecule has 1 saturated heterocycles. The number of rotatable bonds is 3. The fraction of sp³-hybridized carbons (Fsp3) is 0.235. The van der Waals surface area contributed by atoms with Crippen molar-refractivity contribution in [1.82, 2.24) is 0 Å². The van der Waals surface area contributed by atoms with Gasteiger partial charge in [0.05, 0.1) is 5.75 Å². The first-order valence-corrected chi connectivity index (χ1v) is 8.12. The molecule has 1 aliphatic rings. The number of carbonyl (C=O) groups excluding carboxylic acids is 1. The fourth-order valence-electron chi connectivity index (χ4n) is 2.54. The number of nitrogens with two attached hydrogens (primary N) is 1. The number of thioether (sulfide) groups is 1. The van der Waals surface area contributed by atoms with E-state index >= 15 is 0 Å². The van der Waals surface area contributed by atoms with Gasteiger partial charge >= 0.3 is 0 Å². The Morgan fingerprint density at radius 2 is 2.00 bits per heavy atom. The Bertz CT molecular complexity index is 654. The zero-order chi connectivity index (χ0) is 14.8. The van der Waals surface area contributed by atoms with Gasteiger partial charge in [-0.25, -0.2) is 0 Å². The Morgan fingerprint density at radius 1 is 1.24 bits per heavy atom. The second-order valence-electron chi connectivity index (χ2n) is 5.12. The molecule has 0 radical (unpaired) electrons. The van der Waals surface area contributed by atoms with Gasteiger partial charge in [0.15, 0.2) is 0 Å². The standard InChI is InChI=1S/C17H18N2OS/c1-2-12-4-3-5-15(10-12)19-16(20)11-21-17(19)13-6-8-14(18)9-7-13/h3-10,17H,2,11,18H2,1H3/t17-/m0/s1. The molecule has 0 aliphatic carbocycles. The number of carbonyl (C=O) groups is 1. The van der Waals surface area contributed by atoms with E-state index < -0.39 is 0 Å². The number of hydrogen-bond acceptors (Lipinski definition) is 3. The van der Waals surface area contributed by atoms with Crippen molar-refractivity contribution < 1.29 is 4.79 Å². The molecule has 2 aromatic rings. The molecule has 0 aromatic heterocycles. The number of benzene rings is 2. The molecule has 3 rings (SSSR count). The van der Waals surface area contributed by atoms with Crippen LogP contribution in [0, 0.1) is 0 Å². The Kier molecular flexibility index (Phi) is 3.88. The molecule has 0 saturated carbocycles. The highest BCUT2D eigenvalue weighted by Gasteiger charge is 2.33. The van der Waals surface area contributed by atoms with Crippen LogP contribution in [0.4, 0.5) is 11.4 Å². The Hall–Kier alpha value is -1.94. The summed E-state index contributed by atoms with van der Waals surface area (Å²) in [5.74, 6) is 0.681. The summed E-state index contributed by atoms with van der Waals surface area (Å²) < 4.78 is 0. The molecular weight excluding hydrogens is 280 g/mol. The predicted octanol–water partition coefficient (Wildman–Crippen LogP) is 3.61.